The van der Waals surface area contributed by atoms with Gasteiger partial charge in [-0.05, 0) is 45.2 Å². The summed E-state index contributed by atoms with van der Waals surface area (Å²) in [6.07, 6.45) is 0.891. The van der Waals surface area contributed by atoms with Crippen molar-refractivity contribution in [3.8, 4) is 0 Å². The highest BCUT2D eigenvalue weighted by atomic mass is 16.5. The molecule has 33 heavy (non-hydrogen) atoms. The van der Waals surface area contributed by atoms with Crippen LogP contribution in [0.2, 0.25) is 0 Å². The van der Waals surface area contributed by atoms with Gasteiger partial charge in [0.2, 0.25) is 0 Å². The van der Waals surface area contributed by atoms with Gasteiger partial charge in [-0.1, -0.05) is 109 Å². The fraction of sp³-hybridized carbons (Fsp3) is 0.161. The van der Waals surface area contributed by atoms with Crippen molar-refractivity contribution in [2.45, 2.75) is 25.2 Å². The van der Waals surface area contributed by atoms with Crippen LogP contribution in [0.5, 0.6) is 0 Å². The number of fused-ring (bicyclic) bond motifs is 2. The molecule has 5 aromatic rings. The van der Waals surface area contributed by atoms with Crippen LogP contribution in [0.25, 0.3) is 21.5 Å². The van der Waals surface area contributed by atoms with Crippen molar-refractivity contribution in [1.82, 2.24) is 4.90 Å². The third kappa shape index (κ3) is 3.93. The molecule has 0 aromatic heterocycles. The minimum atomic E-state index is -0.0880. The Bertz CT molecular complexity index is 1330. The van der Waals surface area contributed by atoms with E-state index >= 15 is 0 Å². The highest BCUT2D eigenvalue weighted by Crippen LogP contribution is 2.41. The first-order chi connectivity index (χ1) is 16.4. The molecular weight excluding hydrogens is 402 g/mol. The normalized spacial score (nSPS) is 18.8. The SMILES string of the molecule is c1ccc(C[C@H]2CO[C@@H](c3c4ccccc4cc4ccccc34)N2Cc2ccccc2)cc1. The number of rotatable bonds is 5. The van der Waals surface area contributed by atoms with Gasteiger partial charge in [0.1, 0.15) is 6.23 Å². The van der Waals surface area contributed by atoms with Crippen molar-refractivity contribution in [1.29, 1.82) is 0 Å². The lowest BCUT2D eigenvalue weighted by Crippen LogP contribution is -2.34. The Morgan fingerprint density at radius 2 is 1.18 bits per heavy atom. The largest absolute Gasteiger partial charge is 0.357 e. The van der Waals surface area contributed by atoms with Crippen LogP contribution in [-0.4, -0.2) is 17.5 Å². The van der Waals surface area contributed by atoms with Gasteiger partial charge in [0.05, 0.1) is 6.61 Å². The van der Waals surface area contributed by atoms with E-state index < -0.39 is 0 Å². The molecule has 0 amide bonds. The second-order valence-corrected chi connectivity index (χ2v) is 8.92. The van der Waals surface area contributed by atoms with Gasteiger partial charge in [-0.25, -0.2) is 0 Å². The highest BCUT2D eigenvalue weighted by Gasteiger charge is 2.37. The number of hydrogen-bond donors (Lipinski definition) is 0. The summed E-state index contributed by atoms with van der Waals surface area (Å²) in [5.74, 6) is 0. The van der Waals surface area contributed by atoms with Crippen molar-refractivity contribution in [3.63, 3.8) is 0 Å². The summed E-state index contributed by atoms with van der Waals surface area (Å²) < 4.78 is 6.65. The molecule has 2 heteroatoms. The van der Waals surface area contributed by atoms with Crippen LogP contribution in [0.4, 0.5) is 0 Å². The minimum Gasteiger partial charge on any atom is -0.357 e. The quantitative estimate of drug-likeness (QED) is 0.275. The molecule has 1 aliphatic heterocycles. The predicted molar refractivity (Wildman–Crippen MR) is 136 cm³/mol. The van der Waals surface area contributed by atoms with Crippen LogP contribution < -0.4 is 0 Å². The molecule has 1 aliphatic rings. The van der Waals surface area contributed by atoms with Crippen molar-refractivity contribution < 1.29 is 4.74 Å². The lowest BCUT2D eigenvalue weighted by Gasteiger charge is -2.30. The molecule has 0 N–H and O–H groups in total. The molecule has 0 radical (unpaired) electrons. The Morgan fingerprint density at radius 1 is 0.636 bits per heavy atom. The number of benzene rings is 5. The molecule has 2 atom stereocenters. The molecular formula is C31H27NO. The maximum atomic E-state index is 6.65. The summed E-state index contributed by atoms with van der Waals surface area (Å²) in [7, 11) is 0. The number of ether oxygens (including phenoxy) is 1. The van der Waals surface area contributed by atoms with Gasteiger partial charge < -0.3 is 4.74 Å². The van der Waals surface area contributed by atoms with Crippen molar-refractivity contribution >= 4 is 21.5 Å². The van der Waals surface area contributed by atoms with E-state index in [-0.39, 0.29) is 6.23 Å². The van der Waals surface area contributed by atoms with Crippen molar-refractivity contribution in [2.75, 3.05) is 6.61 Å². The summed E-state index contributed by atoms with van der Waals surface area (Å²) in [4.78, 5) is 2.57. The van der Waals surface area contributed by atoms with E-state index in [9.17, 15) is 0 Å². The lowest BCUT2D eigenvalue weighted by molar-refractivity contribution is 0.0270. The van der Waals surface area contributed by atoms with E-state index in [0.29, 0.717) is 6.04 Å². The zero-order valence-electron chi connectivity index (χ0n) is 18.6. The summed E-state index contributed by atoms with van der Waals surface area (Å²) in [6.45, 7) is 1.59. The monoisotopic (exact) mass is 429 g/mol. The predicted octanol–water partition coefficient (Wildman–Crippen LogP) is 7.14. The third-order valence-corrected chi connectivity index (χ3v) is 6.80. The van der Waals surface area contributed by atoms with Crippen molar-refractivity contribution in [3.05, 3.63) is 132 Å². The standard InChI is InChI=1S/C31H27NO/c1-3-11-23(12-4-1)19-27-22-33-31(32(27)21-24-13-5-2-6-14-24)30-28-17-9-7-15-25(28)20-26-16-8-10-18-29(26)30/h1-18,20,27,31H,19,21-22H2/t27-,31-/m0/s1. The maximum Gasteiger partial charge on any atom is 0.138 e. The maximum absolute atomic E-state index is 6.65. The molecule has 5 aromatic carbocycles. The highest BCUT2D eigenvalue weighted by molar-refractivity contribution is 6.02. The average molecular weight is 430 g/mol. The minimum absolute atomic E-state index is 0.0880. The van der Waals surface area contributed by atoms with Gasteiger partial charge in [0.25, 0.3) is 0 Å². The Kier molecular flexibility index (Phi) is 5.39. The van der Waals surface area contributed by atoms with E-state index in [1.807, 2.05) is 0 Å². The average Bonchev–Trinajstić information content (AvgIpc) is 3.25. The lowest BCUT2D eigenvalue weighted by atomic mass is 9.94. The van der Waals surface area contributed by atoms with E-state index in [4.69, 9.17) is 4.74 Å². The summed E-state index contributed by atoms with van der Waals surface area (Å²) in [5, 5.41) is 5.08. The second kappa shape index (κ2) is 8.82. The van der Waals surface area contributed by atoms with Crippen LogP contribution in [0.3, 0.4) is 0 Å². The number of nitrogens with zero attached hydrogens (tertiary/aromatic N) is 1. The Hall–Kier alpha value is -3.46. The van der Waals surface area contributed by atoms with Crippen LogP contribution >= 0.6 is 0 Å². The molecule has 0 aliphatic carbocycles. The molecule has 0 bridgehead atoms. The molecule has 0 spiro atoms. The third-order valence-electron chi connectivity index (χ3n) is 6.80. The van der Waals surface area contributed by atoms with E-state index in [1.54, 1.807) is 0 Å². The fourth-order valence-corrected chi connectivity index (χ4v) is 5.22. The Balaban J connectivity index is 1.48. The topological polar surface area (TPSA) is 12.5 Å². The summed E-state index contributed by atoms with van der Waals surface area (Å²) in [5.41, 5.74) is 3.96. The second-order valence-electron chi connectivity index (χ2n) is 8.92. The van der Waals surface area contributed by atoms with Crippen molar-refractivity contribution in [2.24, 2.45) is 0 Å². The zero-order valence-corrected chi connectivity index (χ0v) is 18.6. The smallest absolute Gasteiger partial charge is 0.138 e. The van der Waals surface area contributed by atoms with Crippen LogP contribution in [0, 0.1) is 0 Å². The fourth-order valence-electron chi connectivity index (χ4n) is 5.22. The molecule has 2 nitrogen and oxygen atoms in total. The Morgan fingerprint density at radius 3 is 1.82 bits per heavy atom. The first-order valence-corrected chi connectivity index (χ1v) is 11.7. The van der Waals surface area contributed by atoms with Gasteiger partial charge in [0.15, 0.2) is 0 Å². The molecule has 0 unspecified atom stereocenters. The van der Waals surface area contributed by atoms with E-state index in [2.05, 4.69) is 120 Å². The van der Waals surface area contributed by atoms with Crippen LogP contribution in [0.1, 0.15) is 22.9 Å². The molecule has 1 heterocycles. The number of hydrogen-bond acceptors (Lipinski definition) is 2. The first kappa shape index (κ1) is 20.2. The van der Waals surface area contributed by atoms with Crippen LogP contribution in [0.15, 0.2) is 115 Å². The van der Waals surface area contributed by atoms with Gasteiger partial charge in [-0.15, -0.1) is 0 Å². The van der Waals surface area contributed by atoms with E-state index in [0.717, 1.165) is 19.6 Å². The Labute approximate surface area is 195 Å². The van der Waals surface area contributed by atoms with Crippen LogP contribution in [-0.2, 0) is 17.7 Å². The van der Waals surface area contributed by atoms with Gasteiger partial charge in [-0.2, -0.15) is 0 Å². The molecule has 1 saturated heterocycles. The summed E-state index contributed by atoms with van der Waals surface area (Å²) >= 11 is 0. The molecule has 1 fully saturated rings. The molecule has 0 saturated carbocycles. The van der Waals surface area contributed by atoms with E-state index in [1.165, 1.54) is 38.2 Å². The molecule has 162 valence electrons. The van der Waals surface area contributed by atoms with Gasteiger partial charge in [-0.3, -0.25) is 4.90 Å². The van der Waals surface area contributed by atoms with Gasteiger partial charge >= 0.3 is 0 Å². The zero-order chi connectivity index (χ0) is 22.0. The van der Waals surface area contributed by atoms with Gasteiger partial charge in [0, 0.05) is 18.2 Å². The summed E-state index contributed by atoms with van der Waals surface area (Å²) in [6, 6.07) is 41.6. The first-order valence-electron chi connectivity index (χ1n) is 11.7. The molecule has 6 rings (SSSR count).